The smallest absolute Gasteiger partial charge is 0.340 e. The molecule has 2 aromatic heterocycles. The Hall–Kier alpha value is -3.20. The molecule has 0 saturated heterocycles. The molecule has 1 aliphatic heterocycles. The fourth-order valence-corrected chi connectivity index (χ4v) is 4.34. The largest absolute Gasteiger partial charge is 0.478 e. The first-order valence-corrected chi connectivity index (χ1v) is 10.6. The molecule has 0 unspecified atom stereocenters. The van der Waals surface area contributed by atoms with Gasteiger partial charge in [0.15, 0.2) is 11.6 Å². The lowest BCUT2D eigenvalue weighted by Gasteiger charge is -2.21. The van der Waals surface area contributed by atoms with E-state index >= 15 is 0 Å². The summed E-state index contributed by atoms with van der Waals surface area (Å²) in [5.41, 5.74) is 1.59. The summed E-state index contributed by atoms with van der Waals surface area (Å²) in [6.45, 7) is 2.04. The number of carboxylic acid groups (broad SMARTS) is 1. The first-order valence-electron chi connectivity index (χ1n) is 8.78. The molecule has 3 heterocycles. The molecular formula is C20H17FN2O5S. The summed E-state index contributed by atoms with van der Waals surface area (Å²) in [7, 11) is -3.59. The Morgan fingerprint density at radius 2 is 1.97 bits per heavy atom. The Kier molecular flexibility index (Phi) is 4.42. The molecule has 0 aliphatic carbocycles. The molecule has 9 heteroatoms. The number of anilines is 1. The number of nitrogens with zero attached hydrogens (tertiary/aromatic N) is 2. The standard InChI is InChI=1S/C20H17FN2O5S/c1-11-4-3-9-23(29(2,26)27)18-14(11)10-15-16(20(24)25)17(28-19(15)22-18)12-5-7-13(21)8-6-12/h4-8,10H,3,9H2,1-2H3,(H,24,25). The van der Waals surface area contributed by atoms with Gasteiger partial charge in [0.25, 0.3) is 0 Å². The molecule has 150 valence electrons. The average Bonchev–Trinajstić information content (AvgIpc) is 2.93. The van der Waals surface area contributed by atoms with Gasteiger partial charge in [-0.3, -0.25) is 4.31 Å². The van der Waals surface area contributed by atoms with Crippen molar-refractivity contribution < 1.29 is 27.1 Å². The number of carbonyl (C=O) groups is 1. The number of carboxylic acids is 1. The van der Waals surface area contributed by atoms with E-state index in [0.717, 1.165) is 11.8 Å². The monoisotopic (exact) mass is 416 g/mol. The van der Waals surface area contributed by atoms with Crippen molar-refractivity contribution in [3.05, 3.63) is 53.4 Å². The average molecular weight is 416 g/mol. The number of fused-ring (bicyclic) bond motifs is 2. The second-order valence-electron chi connectivity index (χ2n) is 6.84. The van der Waals surface area contributed by atoms with Crippen LogP contribution >= 0.6 is 0 Å². The Bertz CT molecular complexity index is 1280. The van der Waals surface area contributed by atoms with Crippen LogP contribution in [0.3, 0.4) is 0 Å². The van der Waals surface area contributed by atoms with Gasteiger partial charge in [0.05, 0.1) is 11.6 Å². The van der Waals surface area contributed by atoms with Crippen LogP contribution in [0.25, 0.3) is 28.0 Å². The third-order valence-electron chi connectivity index (χ3n) is 4.83. The second-order valence-corrected chi connectivity index (χ2v) is 8.75. The van der Waals surface area contributed by atoms with Crippen molar-refractivity contribution in [2.45, 2.75) is 13.3 Å². The summed E-state index contributed by atoms with van der Waals surface area (Å²) in [6, 6.07) is 6.83. The Morgan fingerprint density at radius 1 is 1.28 bits per heavy atom. The molecule has 1 N–H and O–H groups in total. The van der Waals surface area contributed by atoms with Crippen molar-refractivity contribution in [3.8, 4) is 11.3 Å². The van der Waals surface area contributed by atoms with Gasteiger partial charge < -0.3 is 9.52 Å². The van der Waals surface area contributed by atoms with Gasteiger partial charge in [0, 0.05) is 17.7 Å². The van der Waals surface area contributed by atoms with Crippen LogP contribution in [0.5, 0.6) is 0 Å². The first kappa shape index (κ1) is 19.1. The molecule has 0 bridgehead atoms. The number of aromatic nitrogens is 1. The predicted octanol–water partition coefficient (Wildman–Crippen LogP) is 3.91. The minimum Gasteiger partial charge on any atom is -0.478 e. The highest BCUT2D eigenvalue weighted by atomic mass is 32.2. The fraction of sp³-hybridized carbons (Fsp3) is 0.200. The minimum atomic E-state index is -3.59. The van der Waals surface area contributed by atoms with Gasteiger partial charge in [-0.15, -0.1) is 0 Å². The van der Waals surface area contributed by atoms with Crippen LogP contribution in [-0.2, 0) is 10.0 Å². The van der Waals surface area contributed by atoms with Crippen LogP contribution in [0.4, 0.5) is 10.2 Å². The zero-order valence-electron chi connectivity index (χ0n) is 15.6. The zero-order valence-corrected chi connectivity index (χ0v) is 16.5. The molecule has 1 aromatic carbocycles. The molecule has 4 rings (SSSR count). The molecule has 0 amide bonds. The summed E-state index contributed by atoms with van der Waals surface area (Å²) in [5.74, 6) is -1.45. The van der Waals surface area contributed by atoms with Crippen molar-refractivity contribution in [2.24, 2.45) is 0 Å². The molecule has 0 fully saturated rings. The second kappa shape index (κ2) is 6.70. The summed E-state index contributed by atoms with van der Waals surface area (Å²) >= 11 is 0. The molecule has 3 aromatic rings. The number of hydrogen-bond donors (Lipinski definition) is 1. The van der Waals surface area contributed by atoms with E-state index in [1.54, 1.807) is 6.07 Å². The molecule has 0 saturated carbocycles. The molecular weight excluding hydrogens is 399 g/mol. The van der Waals surface area contributed by atoms with Crippen molar-refractivity contribution in [3.63, 3.8) is 0 Å². The third kappa shape index (κ3) is 3.27. The summed E-state index contributed by atoms with van der Waals surface area (Å²) in [4.78, 5) is 16.4. The van der Waals surface area contributed by atoms with E-state index in [1.807, 2.05) is 13.0 Å². The van der Waals surface area contributed by atoms with E-state index in [2.05, 4.69) is 4.98 Å². The number of allylic oxidation sites excluding steroid dienone is 1. The highest BCUT2D eigenvalue weighted by Gasteiger charge is 2.29. The number of sulfonamides is 1. The first-order chi connectivity index (χ1) is 13.7. The van der Waals surface area contributed by atoms with E-state index in [0.29, 0.717) is 17.5 Å². The number of hydrogen-bond acceptors (Lipinski definition) is 5. The van der Waals surface area contributed by atoms with Crippen LogP contribution in [-0.4, -0.2) is 37.3 Å². The predicted molar refractivity (Wildman–Crippen MR) is 107 cm³/mol. The Balaban J connectivity index is 2.04. The maximum Gasteiger partial charge on any atom is 0.340 e. The Morgan fingerprint density at radius 3 is 2.59 bits per heavy atom. The molecule has 0 atom stereocenters. The van der Waals surface area contributed by atoms with Crippen LogP contribution in [0.2, 0.25) is 0 Å². The number of halogens is 1. The molecule has 0 radical (unpaired) electrons. The lowest BCUT2D eigenvalue weighted by molar-refractivity contribution is 0.0699. The van der Waals surface area contributed by atoms with Crippen molar-refractivity contribution in [1.82, 2.24) is 4.98 Å². The maximum atomic E-state index is 13.3. The SMILES string of the molecule is CC1=CCCN(S(C)(=O)=O)c2nc3oc(-c4ccc(F)cc4)c(C(=O)O)c3cc21. The zero-order chi connectivity index (χ0) is 20.9. The van der Waals surface area contributed by atoms with Crippen LogP contribution in [0.1, 0.15) is 29.3 Å². The van der Waals surface area contributed by atoms with Crippen LogP contribution < -0.4 is 4.31 Å². The lowest BCUT2D eigenvalue weighted by Crippen LogP contribution is -2.31. The van der Waals surface area contributed by atoms with Crippen molar-refractivity contribution in [2.75, 3.05) is 17.1 Å². The molecule has 1 aliphatic rings. The van der Waals surface area contributed by atoms with Crippen molar-refractivity contribution >= 4 is 38.5 Å². The van der Waals surface area contributed by atoms with Crippen LogP contribution in [0.15, 0.2) is 40.8 Å². The molecule has 29 heavy (non-hydrogen) atoms. The number of pyridine rings is 1. The molecule has 7 nitrogen and oxygen atoms in total. The van der Waals surface area contributed by atoms with E-state index in [4.69, 9.17) is 4.42 Å². The van der Waals surface area contributed by atoms with Crippen LogP contribution in [0, 0.1) is 5.82 Å². The number of aromatic carboxylic acids is 1. The van der Waals surface area contributed by atoms with Gasteiger partial charge in [0.2, 0.25) is 15.7 Å². The number of furan rings is 1. The quantitative estimate of drug-likeness (QED) is 0.695. The van der Waals surface area contributed by atoms with Gasteiger partial charge in [-0.25, -0.2) is 17.6 Å². The summed E-state index contributed by atoms with van der Waals surface area (Å²) in [6.07, 6.45) is 3.49. The molecule has 0 spiro atoms. The van der Waals surface area contributed by atoms with Gasteiger partial charge in [-0.05, 0) is 49.2 Å². The topological polar surface area (TPSA) is 101 Å². The minimum absolute atomic E-state index is 0.00354. The van der Waals surface area contributed by atoms with Gasteiger partial charge >= 0.3 is 5.97 Å². The normalized spacial score (nSPS) is 14.4. The highest BCUT2D eigenvalue weighted by molar-refractivity contribution is 7.92. The van der Waals surface area contributed by atoms with Gasteiger partial charge in [-0.2, -0.15) is 4.98 Å². The number of rotatable bonds is 3. The van der Waals surface area contributed by atoms with Crippen molar-refractivity contribution in [1.29, 1.82) is 0 Å². The lowest BCUT2D eigenvalue weighted by atomic mass is 10.0. The number of benzene rings is 1. The fourth-order valence-electron chi connectivity index (χ4n) is 3.45. The summed E-state index contributed by atoms with van der Waals surface area (Å²) < 4.78 is 44.8. The maximum absolute atomic E-state index is 13.3. The summed E-state index contributed by atoms with van der Waals surface area (Å²) in [5, 5.41) is 10.0. The Labute approximate surface area is 166 Å². The highest BCUT2D eigenvalue weighted by Crippen LogP contribution is 2.38. The third-order valence-corrected chi connectivity index (χ3v) is 5.98. The van der Waals surface area contributed by atoms with E-state index in [9.17, 15) is 22.7 Å². The van der Waals surface area contributed by atoms with Gasteiger partial charge in [0.1, 0.15) is 11.4 Å². The van der Waals surface area contributed by atoms with E-state index in [1.165, 1.54) is 28.6 Å². The van der Waals surface area contributed by atoms with Gasteiger partial charge in [-0.1, -0.05) is 6.08 Å². The van der Waals surface area contributed by atoms with E-state index in [-0.39, 0.29) is 34.8 Å². The van der Waals surface area contributed by atoms with E-state index < -0.39 is 21.8 Å².